The minimum atomic E-state index is 0.877. The second-order valence-corrected chi connectivity index (χ2v) is 16.5. The number of furan rings is 1. The predicted octanol–water partition coefficient (Wildman–Crippen LogP) is 16.3. The van der Waals surface area contributed by atoms with Crippen LogP contribution in [0.2, 0.25) is 0 Å². The van der Waals surface area contributed by atoms with Crippen molar-refractivity contribution in [3.63, 3.8) is 0 Å². The van der Waals surface area contributed by atoms with Gasteiger partial charge in [-0.2, -0.15) is 0 Å². The zero-order valence-electron chi connectivity index (χ0n) is 30.1. The van der Waals surface area contributed by atoms with Crippen LogP contribution in [-0.4, -0.2) is 0 Å². The quantitative estimate of drug-likeness (QED) is 0.174. The van der Waals surface area contributed by atoms with E-state index in [0.717, 1.165) is 39.0 Å². The van der Waals surface area contributed by atoms with Crippen molar-refractivity contribution in [2.45, 2.75) is 0 Å². The van der Waals surface area contributed by atoms with Gasteiger partial charge < -0.3 is 9.32 Å². The van der Waals surface area contributed by atoms with Crippen LogP contribution in [0, 0.1) is 0 Å². The highest BCUT2D eigenvalue weighted by atomic mass is 32.1. The van der Waals surface area contributed by atoms with Crippen LogP contribution in [0.5, 0.6) is 0 Å². The second kappa shape index (κ2) is 12.4. The fourth-order valence-corrected chi connectivity index (χ4v) is 11.2. The Morgan fingerprint density at radius 3 is 1.79 bits per heavy atom. The van der Waals surface area contributed by atoms with Gasteiger partial charge in [0, 0.05) is 74.2 Å². The van der Waals surface area contributed by atoms with Crippen molar-refractivity contribution in [1.29, 1.82) is 0 Å². The highest BCUT2D eigenvalue weighted by Crippen LogP contribution is 2.47. The number of benzene rings is 9. The van der Waals surface area contributed by atoms with Crippen molar-refractivity contribution in [3.8, 4) is 22.3 Å². The van der Waals surface area contributed by atoms with Crippen LogP contribution in [0.15, 0.2) is 192 Å². The van der Waals surface area contributed by atoms with Crippen molar-refractivity contribution >= 4 is 113 Å². The molecule has 2 nitrogen and oxygen atoms in total. The molecule has 262 valence electrons. The number of hydrogen-bond donors (Lipinski definition) is 0. The Bertz CT molecular complexity index is 3470. The van der Waals surface area contributed by atoms with E-state index in [9.17, 15) is 0 Å². The van der Waals surface area contributed by atoms with E-state index in [2.05, 4.69) is 181 Å². The molecule has 0 radical (unpaired) electrons. The fraction of sp³-hybridized carbons (Fsp3) is 0. The Morgan fingerprint density at radius 2 is 0.946 bits per heavy atom. The van der Waals surface area contributed by atoms with E-state index in [1.807, 2.05) is 34.8 Å². The third-order valence-electron chi connectivity index (χ3n) is 11.3. The molecule has 0 unspecified atom stereocenters. The molecule has 56 heavy (non-hydrogen) atoms. The summed E-state index contributed by atoms with van der Waals surface area (Å²) in [5.41, 5.74) is 9.87. The summed E-state index contributed by atoms with van der Waals surface area (Å²) in [5.74, 6) is 0. The maximum atomic E-state index is 6.40. The summed E-state index contributed by atoms with van der Waals surface area (Å²) in [4.78, 5) is 2.34. The summed E-state index contributed by atoms with van der Waals surface area (Å²) in [6.07, 6.45) is 0. The van der Waals surface area contributed by atoms with Crippen molar-refractivity contribution < 1.29 is 4.42 Å². The van der Waals surface area contributed by atoms with Crippen LogP contribution in [-0.2, 0) is 0 Å². The zero-order valence-corrected chi connectivity index (χ0v) is 31.7. The molecule has 0 fully saturated rings. The molecule has 0 atom stereocenters. The fourth-order valence-electron chi connectivity index (χ4n) is 8.65. The zero-order chi connectivity index (χ0) is 36.7. The van der Waals surface area contributed by atoms with Gasteiger partial charge in [0.25, 0.3) is 0 Å². The van der Waals surface area contributed by atoms with Gasteiger partial charge in [0.05, 0.1) is 0 Å². The smallest absolute Gasteiger partial charge is 0.137 e. The molecule has 4 heteroatoms. The molecule has 0 aliphatic heterocycles. The van der Waals surface area contributed by atoms with Crippen LogP contribution >= 0.6 is 22.7 Å². The lowest BCUT2D eigenvalue weighted by molar-refractivity contribution is 0.669. The lowest BCUT2D eigenvalue weighted by atomic mass is 9.98. The average molecular weight is 750 g/mol. The number of para-hydroxylation sites is 1. The molecule has 3 aromatic heterocycles. The van der Waals surface area contributed by atoms with E-state index in [-0.39, 0.29) is 0 Å². The van der Waals surface area contributed by atoms with Gasteiger partial charge >= 0.3 is 0 Å². The van der Waals surface area contributed by atoms with Crippen LogP contribution in [0.1, 0.15) is 0 Å². The van der Waals surface area contributed by atoms with Gasteiger partial charge in [-0.05, 0) is 87.6 Å². The summed E-state index contributed by atoms with van der Waals surface area (Å²) < 4.78 is 11.8. The van der Waals surface area contributed by atoms with Crippen LogP contribution < -0.4 is 4.90 Å². The Hall–Kier alpha value is -6.72. The van der Waals surface area contributed by atoms with Crippen molar-refractivity contribution in [2.75, 3.05) is 4.90 Å². The molecular weight excluding hydrogens is 719 g/mol. The van der Waals surface area contributed by atoms with Crippen LogP contribution in [0.25, 0.3) is 95.3 Å². The average Bonchev–Trinajstić information content (AvgIpc) is 3.95. The molecule has 0 aliphatic carbocycles. The SMILES string of the molecule is c1ccc2c(-c3ccc(N(c4ccc(-c5cccc6c5sc5c6ccc6sc7ccccc7c65)cc4)c4ccc5c(c4)oc4ccccc45)cc3)cccc2c1. The van der Waals surface area contributed by atoms with E-state index in [0.29, 0.717) is 0 Å². The molecule has 3 heterocycles. The van der Waals surface area contributed by atoms with E-state index in [4.69, 9.17) is 4.42 Å². The van der Waals surface area contributed by atoms with E-state index in [1.165, 1.54) is 73.4 Å². The third kappa shape index (κ3) is 4.86. The van der Waals surface area contributed by atoms with Crippen molar-refractivity contribution in [3.05, 3.63) is 188 Å². The molecule has 0 spiro atoms. The first-order valence-corrected chi connectivity index (χ1v) is 20.5. The van der Waals surface area contributed by atoms with Gasteiger partial charge in [-0.15, -0.1) is 22.7 Å². The van der Waals surface area contributed by atoms with E-state index >= 15 is 0 Å². The molecule has 0 amide bonds. The highest BCUT2D eigenvalue weighted by Gasteiger charge is 2.19. The van der Waals surface area contributed by atoms with Gasteiger partial charge in [-0.1, -0.05) is 127 Å². The number of thiophene rings is 2. The number of nitrogens with zero attached hydrogens (tertiary/aromatic N) is 1. The lowest BCUT2D eigenvalue weighted by Gasteiger charge is -2.26. The number of anilines is 3. The van der Waals surface area contributed by atoms with Crippen LogP contribution in [0.3, 0.4) is 0 Å². The molecule has 12 rings (SSSR count). The third-order valence-corrected chi connectivity index (χ3v) is 13.7. The molecule has 0 bridgehead atoms. The van der Waals surface area contributed by atoms with Gasteiger partial charge in [0.1, 0.15) is 11.2 Å². The van der Waals surface area contributed by atoms with E-state index < -0.39 is 0 Å². The minimum absolute atomic E-state index is 0.877. The van der Waals surface area contributed by atoms with Crippen LogP contribution in [0.4, 0.5) is 17.1 Å². The summed E-state index contributed by atoms with van der Waals surface area (Å²) in [6.45, 7) is 0. The first kappa shape index (κ1) is 31.6. The monoisotopic (exact) mass is 749 g/mol. The Kier molecular flexibility index (Phi) is 7.00. The standard InChI is InChI=1S/C52H31NOS2/c1-2-11-38-32(9-1)10-7-14-39(38)33-19-23-35(24-20-33)53(37-27-28-42-41-12-3-5-17-46(41)54-47(42)31-37)36-25-21-34(22-26-36)40-15-8-16-43-44-29-30-49-50(52(44)56-51(40)43)45-13-4-6-18-48(45)55-49/h1-31H. The number of rotatable bonds is 5. The number of fused-ring (bicyclic) bond motifs is 11. The summed E-state index contributed by atoms with van der Waals surface area (Å²) in [5, 5.41) is 10.1. The lowest BCUT2D eigenvalue weighted by Crippen LogP contribution is -2.09. The largest absolute Gasteiger partial charge is 0.456 e. The molecule has 0 aliphatic rings. The van der Waals surface area contributed by atoms with Gasteiger partial charge in [-0.3, -0.25) is 0 Å². The Balaban J connectivity index is 0.986. The normalized spacial score (nSPS) is 11.9. The Labute approximate surface area is 330 Å². The van der Waals surface area contributed by atoms with Gasteiger partial charge in [-0.25, -0.2) is 0 Å². The first-order valence-electron chi connectivity index (χ1n) is 18.9. The molecule has 0 N–H and O–H groups in total. The summed E-state index contributed by atoms with van der Waals surface area (Å²) >= 11 is 3.81. The van der Waals surface area contributed by atoms with Gasteiger partial charge in [0.2, 0.25) is 0 Å². The Morgan fingerprint density at radius 1 is 0.357 bits per heavy atom. The molecule has 12 aromatic rings. The van der Waals surface area contributed by atoms with E-state index in [1.54, 1.807) is 0 Å². The molecule has 9 aromatic carbocycles. The van der Waals surface area contributed by atoms with Crippen molar-refractivity contribution in [2.24, 2.45) is 0 Å². The molecule has 0 saturated heterocycles. The predicted molar refractivity (Wildman–Crippen MR) is 243 cm³/mol. The summed E-state index contributed by atoms with van der Waals surface area (Å²) in [7, 11) is 0. The second-order valence-electron chi connectivity index (χ2n) is 14.4. The maximum Gasteiger partial charge on any atom is 0.137 e. The maximum absolute atomic E-state index is 6.40. The topological polar surface area (TPSA) is 16.4 Å². The van der Waals surface area contributed by atoms with Crippen molar-refractivity contribution in [1.82, 2.24) is 0 Å². The molecule has 0 saturated carbocycles. The molecular formula is C52H31NOS2. The summed E-state index contributed by atoms with van der Waals surface area (Å²) in [6, 6.07) is 68.2. The van der Waals surface area contributed by atoms with Gasteiger partial charge in [0.15, 0.2) is 0 Å². The first-order chi connectivity index (χ1) is 27.7. The highest BCUT2D eigenvalue weighted by molar-refractivity contribution is 7.30. The minimum Gasteiger partial charge on any atom is -0.456 e. The number of hydrogen-bond acceptors (Lipinski definition) is 4.